The van der Waals surface area contributed by atoms with Crippen LogP contribution in [-0.4, -0.2) is 37.0 Å². The Bertz CT molecular complexity index is 1320. The van der Waals surface area contributed by atoms with Gasteiger partial charge >= 0.3 is 5.97 Å². The normalized spacial score (nSPS) is 19.0. The zero-order valence-corrected chi connectivity index (χ0v) is 17.9. The molecule has 1 spiro atoms. The van der Waals surface area contributed by atoms with Crippen LogP contribution in [-0.2, 0) is 15.0 Å². The molecule has 2 N–H and O–H groups in total. The maximum absolute atomic E-state index is 14.2. The molecule has 2 aromatic carbocycles. The van der Waals surface area contributed by atoms with E-state index in [1.165, 1.54) is 30.2 Å². The molecular weight excluding hydrogens is 435 g/mol. The fourth-order valence-corrected chi connectivity index (χ4v) is 5.90. The third-order valence-electron chi connectivity index (χ3n) is 6.01. The van der Waals surface area contributed by atoms with Gasteiger partial charge in [0, 0.05) is 23.9 Å². The van der Waals surface area contributed by atoms with Crippen LogP contribution in [0.2, 0.25) is 0 Å². The number of nitrogens with one attached hydrogen (secondary N) is 1. The molecule has 3 aromatic rings. The van der Waals surface area contributed by atoms with Crippen LogP contribution in [0.1, 0.15) is 26.5 Å². The molecule has 0 fully saturated rings. The van der Waals surface area contributed by atoms with E-state index >= 15 is 0 Å². The number of aromatic carboxylic acids is 1. The van der Waals surface area contributed by atoms with Gasteiger partial charge in [-0.3, -0.25) is 9.59 Å². The van der Waals surface area contributed by atoms with Crippen molar-refractivity contribution in [3.8, 4) is 16.9 Å². The van der Waals surface area contributed by atoms with Gasteiger partial charge in [-0.1, -0.05) is 12.1 Å². The molecule has 0 bridgehead atoms. The lowest BCUT2D eigenvalue weighted by molar-refractivity contribution is -0.126. The smallest absolute Gasteiger partial charge is 0.346 e. The number of hydrogen-bond donors (Lipinski definition) is 2. The molecule has 162 valence electrons. The molecule has 32 heavy (non-hydrogen) atoms. The lowest BCUT2D eigenvalue weighted by atomic mass is 9.74. The molecule has 2 aliphatic rings. The average molecular weight is 452 g/mol. The zero-order chi connectivity index (χ0) is 22.8. The first kappa shape index (κ1) is 20.2. The van der Waals surface area contributed by atoms with Crippen LogP contribution in [0.15, 0.2) is 42.5 Å². The molecule has 0 saturated heterocycles. The number of halogens is 1. The molecule has 2 amide bonds. The molecule has 7 nitrogen and oxygen atoms in total. The van der Waals surface area contributed by atoms with Crippen LogP contribution in [0.4, 0.5) is 15.8 Å². The van der Waals surface area contributed by atoms with Gasteiger partial charge < -0.3 is 20.1 Å². The van der Waals surface area contributed by atoms with E-state index < -0.39 is 29.0 Å². The highest BCUT2D eigenvalue weighted by Crippen LogP contribution is 2.57. The van der Waals surface area contributed by atoms with Crippen molar-refractivity contribution in [2.45, 2.75) is 11.8 Å². The fourth-order valence-electron chi connectivity index (χ4n) is 4.58. The number of amides is 2. The topological polar surface area (TPSA) is 95.9 Å². The van der Waals surface area contributed by atoms with Gasteiger partial charge in [-0.05, 0) is 35.9 Å². The van der Waals surface area contributed by atoms with Crippen LogP contribution in [0, 0.1) is 5.82 Å². The average Bonchev–Trinajstić information content (AvgIpc) is 3.25. The summed E-state index contributed by atoms with van der Waals surface area (Å²) in [5.41, 5.74) is 0.509. The molecule has 1 unspecified atom stereocenters. The van der Waals surface area contributed by atoms with Crippen molar-refractivity contribution < 1.29 is 28.6 Å². The number of methoxy groups -OCH3 is 1. The maximum atomic E-state index is 14.2. The Morgan fingerprint density at radius 1 is 1.22 bits per heavy atom. The third kappa shape index (κ3) is 2.61. The van der Waals surface area contributed by atoms with Crippen LogP contribution in [0.25, 0.3) is 11.1 Å². The van der Waals surface area contributed by atoms with Crippen molar-refractivity contribution in [1.29, 1.82) is 0 Å². The van der Waals surface area contributed by atoms with Crippen molar-refractivity contribution in [2.24, 2.45) is 0 Å². The summed E-state index contributed by atoms with van der Waals surface area (Å²) >= 11 is 0.933. The summed E-state index contributed by atoms with van der Waals surface area (Å²) < 4.78 is 19.4. The highest BCUT2D eigenvalue weighted by Gasteiger charge is 2.57. The predicted molar refractivity (Wildman–Crippen MR) is 117 cm³/mol. The van der Waals surface area contributed by atoms with Crippen LogP contribution >= 0.6 is 11.3 Å². The number of benzene rings is 2. The number of carboxylic acid groups (broad SMARTS) is 1. The minimum atomic E-state index is -1.48. The Morgan fingerprint density at radius 2 is 1.94 bits per heavy atom. The van der Waals surface area contributed by atoms with E-state index in [0.717, 1.165) is 11.3 Å². The van der Waals surface area contributed by atoms with Crippen molar-refractivity contribution in [2.75, 3.05) is 24.4 Å². The number of ether oxygens (including phenoxy) is 1. The number of carbonyl (C=O) groups excluding carboxylic acids is 2. The highest BCUT2D eigenvalue weighted by molar-refractivity contribution is 7.15. The molecule has 9 heteroatoms. The number of fused-ring (bicyclic) bond motifs is 4. The second-order valence-electron chi connectivity index (χ2n) is 7.70. The summed E-state index contributed by atoms with van der Waals surface area (Å²) in [6, 6.07) is 10.8. The number of nitrogens with zero attached hydrogens (tertiary/aromatic N) is 1. The summed E-state index contributed by atoms with van der Waals surface area (Å²) in [7, 11) is 3.09. The molecule has 5 rings (SSSR count). The van der Waals surface area contributed by atoms with E-state index in [1.807, 2.05) is 0 Å². The molecule has 1 atom stereocenters. The minimum absolute atomic E-state index is 0.0120. The largest absolute Gasteiger partial charge is 0.497 e. The quantitative estimate of drug-likeness (QED) is 0.629. The van der Waals surface area contributed by atoms with Crippen molar-refractivity contribution in [3.63, 3.8) is 0 Å². The molecule has 2 aliphatic heterocycles. The van der Waals surface area contributed by atoms with E-state index in [2.05, 4.69) is 5.32 Å². The lowest BCUT2D eigenvalue weighted by Gasteiger charge is -2.32. The first-order valence-corrected chi connectivity index (χ1v) is 10.5. The summed E-state index contributed by atoms with van der Waals surface area (Å²) in [4.78, 5) is 40.3. The Kier molecular flexibility index (Phi) is 4.35. The summed E-state index contributed by atoms with van der Waals surface area (Å²) in [6.07, 6.45) is -0.235. The first-order valence-electron chi connectivity index (χ1n) is 9.71. The van der Waals surface area contributed by atoms with E-state index in [1.54, 1.807) is 31.3 Å². The zero-order valence-electron chi connectivity index (χ0n) is 17.1. The van der Waals surface area contributed by atoms with Gasteiger partial charge in [-0.2, -0.15) is 0 Å². The van der Waals surface area contributed by atoms with Gasteiger partial charge in [0.1, 0.15) is 21.9 Å². The predicted octanol–water partition coefficient (Wildman–Crippen LogP) is 3.87. The molecule has 0 aliphatic carbocycles. The number of anilines is 2. The Labute approximate surface area is 186 Å². The minimum Gasteiger partial charge on any atom is -0.497 e. The number of rotatable bonds is 3. The van der Waals surface area contributed by atoms with Gasteiger partial charge in [0.05, 0.1) is 24.1 Å². The Balaban J connectivity index is 1.83. The van der Waals surface area contributed by atoms with Gasteiger partial charge in [0.2, 0.25) is 11.8 Å². The standard InChI is InChI=1S/C23H17FN2O5S/c1-26-15-8-5-12(24)9-14(15)23(22(26)30)10-16(27)25-18-17(19(21(28)29)32-20(18)23)11-3-6-13(31-2)7-4-11/h3-9H,10H2,1-2H3,(H,25,27)(H,28,29). The molecule has 0 radical (unpaired) electrons. The number of hydrogen-bond acceptors (Lipinski definition) is 5. The number of likely N-dealkylation sites (N-methyl/N-ethyl adjacent to an activating group) is 1. The second-order valence-corrected chi connectivity index (χ2v) is 8.72. The van der Waals surface area contributed by atoms with Crippen LogP contribution < -0.4 is 15.0 Å². The monoisotopic (exact) mass is 452 g/mol. The Morgan fingerprint density at radius 3 is 2.59 bits per heavy atom. The van der Waals surface area contributed by atoms with E-state index in [9.17, 15) is 23.9 Å². The van der Waals surface area contributed by atoms with Crippen LogP contribution in [0.3, 0.4) is 0 Å². The van der Waals surface area contributed by atoms with E-state index in [-0.39, 0.29) is 17.0 Å². The third-order valence-corrected chi connectivity index (χ3v) is 7.35. The maximum Gasteiger partial charge on any atom is 0.346 e. The number of carboxylic acids is 1. The van der Waals surface area contributed by atoms with Crippen LogP contribution in [0.5, 0.6) is 5.75 Å². The van der Waals surface area contributed by atoms with Crippen molar-refractivity contribution in [1.82, 2.24) is 0 Å². The van der Waals surface area contributed by atoms with Gasteiger partial charge in [0.15, 0.2) is 0 Å². The first-order chi connectivity index (χ1) is 15.3. The highest BCUT2D eigenvalue weighted by atomic mass is 32.1. The van der Waals surface area contributed by atoms with E-state index in [4.69, 9.17) is 4.74 Å². The summed E-state index contributed by atoms with van der Waals surface area (Å²) in [5, 5.41) is 12.7. The van der Waals surface area contributed by atoms with Gasteiger partial charge in [0.25, 0.3) is 0 Å². The second kappa shape index (κ2) is 6.89. The molecular formula is C23H17FN2O5S. The van der Waals surface area contributed by atoms with Gasteiger partial charge in [-0.25, -0.2) is 9.18 Å². The molecule has 3 heterocycles. The van der Waals surface area contributed by atoms with E-state index in [0.29, 0.717) is 33.0 Å². The fraction of sp³-hybridized carbons (Fsp3) is 0.174. The molecule has 0 saturated carbocycles. The summed E-state index contributed by atoms with van der Waals surface area (Å²) in [6.45, 7) is 0. The number of thiophene rings is 1. The molecule has 1 aromatic heterocycles. The van der Waals surface area contributed by atoms with Gasteiger partial charge in [-0.15, -0.1) is 11.3 Å². The summed E-state index contributed by atoms with van der Waals surface area (Å²) in [5.74, 6) is -1.97. The number of carbonyl (C=O) groups is 3. The van der Waals surface area contributed by atoms with Crippen molar-refractivity contribution in [3.05, 3.63) is 63.6 Å². The lowest BCUT2D eigenvalue weighted by Crippen LogP contribution is -2.45. The SMILES string of the molecule is COc1ccc(-c2c(C(=O)O)sc3c2NC(=O)CC32C(=O)N(C)c3ccc(F)cc32)cc1. The van der Waals surface area contributed by atoms with Crippen molar-refractivity contribution >= 4 is 40.5 Å². The Hall–Kier alpha value is -3.72.